The second-order valence-corrected chi connectivity index (χ2v) is 6.06. The molecule has 0 fully saturated rings. The molecule has 26 heavy (non-hydrogen) atoms. The number of amides is 2. The Kier molecular flexibility index (Phi) is 9.09. The van der Waals surface area contributed by atoms with Gasteiger partial charge in [0.1, 0.15) is 25.1 Å². The lowest BCUT2D eigenvalue weighted by atomic mass is 10.1. The number of benzene rings is 1. The quantitative estimate of drug-likeness (QED) is 0.380. The minimum atomic E-state index is -0.144. The number of hydrogen-bond acceptors (Lipinski definition) is 4. The number of nitrogens with one attached hydrogen (secondary N) is 2. The SMILES string of the molecule is O=CNCCOc1ccc(CNC(=O)COC2C#CCCCCC2)cc1. The highest BCUT2D eigenvalue weighted by molar-refractivity contribution is 5.77. The van der Waals surface area contributed by atoms with E-state index >= 15 is 0 Å². The van der Waals surface area contributed by atoms with E-state index in [0.29, 0.717) is 26.1 Å². The molecule has 0 saturated heterocycles. The highest BCUT2D eigenvalue weighted by Gasteiger charge is 2.10. The topological polar surface area (TPSA) is 76.7 Å². The van der Waals surface area contributed by atoms with Gasteiger partial charge in [-0.25, -0.2) is 0 Å². The van der Waals surface area contributed by atoms with Crippen LogP contribution >= 0.6 is 0 Å². The molecule has 1 unspecified atom stereocenters. The van der Waals surface area contributed by atoms with E-state index in [2.05, 4.69) is 22.5 Å². The third-order valence-electron chi connectivity index (χ3n) is 3.96. The fraction of sp³-hybridized carbons (Fsp3) is 0.500. The molecule has 1 aliphatic rings. The lowest BCUT2D eigenvalue weighted by molar-refractivity contribution is -0.127. The van der Waals surface area contributed by atoms with Crippen LogP contribution in [0.5, 0.6) is 5.75 Å². The Balaban J connectivity index is 1.65. The molecule has 0 saturated carbocycles. The first-order valence-electron chi connectivity index (χ1n) is 9.03. The molecule has 0 aromatic heterocycles. The summed E-state index contributed by atoms with van der Waals surface area (Å²) in [4.78, 5) is 22.1. The van der Waals surface area contributed by atoms with E-state index < -0.39 is 0 Å². The van der Waals surface area contributed by atoms with Crippen molar-refractivity contribution in [2.45, 2.75) is 44.8 Å². The summed E-state index contributed by atoms with van der Waals surface area (Å²) >= 11 is 0. The fourth-order valence-electron chi connectivity index (χ4n) is 2.52. The smallest absolute Gasteiger partial charge is 0.246 e. The summed E-state index contributed by atoms with van der Waals surface area (Å²) in [5, 5.41) is 5.38. The monoisotopic (exact) mass is 358 g/mol. The Bertz CT molecular complexity index is 619. The molecule has 1 aromatic rings. The van der Waals surface area contributed by atoms with Gasteiger partial charge in [0.2, 0.25) is 12.3 Å². The standard InChI is InChI=1S/C20H26N2O4/c23-16-21-12-13-25-19-10-8-17(9-11-19)14-22-20(24)15-26-18-6-4-2-1-3-5-7-18/h8-11,16,18H,1-4,6,12-15H2,(H,21,23)(H,22,24). The maximum Gasteiger partial charge on any atom is 0.246 e. The first kappa shape index (κ1) is 19.8. The molecule has 6 heteroatoms. The van der Waals surface area contributed by atoms with Crippen LogP contribution in [0.15, 0.2) is 24.3 Å². The second kappa shape index (κ2) is 11.9. The van der Waals surface area contributed by atoms with Crippen LogP contribution in [0, 0.1) is 11.8 Å². The van der Waals surface area contributed by atoms with Crippen LogP contribution in [0.4, 0.5) is 0 Å². The molecule has 6 nitrogen and oxygen atoms in total. The normalized spacial score (nSPS) is 16.4. The zero-order valence-corrected chi connectivity index (χ0v) is 15.0. The molecule has 0 aliphatic heterocycles. The van der Waals surface area contributed by atoms with Gasteiger partial charge in [-0.2, -0.15) is 0 Å². The predicted molar refractivity (Wildman–Crippen MR) is 98.5 cm³/mol. The van der Waals surface area contributed by atoms with Crippen LogP contribution in [0.3, 0.4) is 0 Å². The van der Waals surface area contributed by atoms with Crippen LogP contribution in [-0.2, 0) is 20.9 Å². The van der Waals surface area contributed by atoms with Crippen molar-refractivity contribution < 1.29 is 19.1 Å². The van der Waals surface area contributed by atoms with Gasteiger partial charge in [0.05, 0.1) is 6.54 Å². The van der Waals surface area contributed by atoms with E-state index in [9.17, 15) is 9.59 Å². The zero-order chi connectivity index (χ0) is 18.5. The highest BCUT2D eigenvalue weighted by atomic mass is 16.5. The first-order chi connectivity index (χ1) is 12.8. The fourth-order valence-corrected chi connectivity index (χ4v) is 2.52. The molecule has 2 amide bonds. The molecule has 2 rings (SSSR count). The Morgan fingerprint density at radius 1 is 1.23 bits per heavy atom. The summed E-state index contributed by atoms with van der Waals surface area (Å²) in [6, 6.07) is 7.46. The number of ether oxygens (including phenoxy) is 2. The molecular formula is C20H26N2O4. The molecule has 0 spiro atoms. The second-order valence-electron chi connectivity index (χ2n) is 6.06. The lowest BCUT2D eigenvalue weighted by Crippen LogP contribution is -2.29. The average Bonchev–Trinajstić information content (AvgIpc) is 2.63. The molecule has 1 aliphatic carbocycles. The summed E-state index contributed by atoms with van der Waals surface area (Å²) in [6.45, 7) is 1.35. The van der Waals surface area contributed by atoms with Crippen LogP contribution in [-0.4, -0.2) is 38.2 Å². The van der Waals surface area contributed by atoms with Crippen LogP contribution in [0.2, 0.25) is 0 Å². The van der Waals surface area contributed by atoms with E-state index in [1.165, 1.54) is 6.42 Å². The van der Waals surface area contributed by atoms with E-state index in [4.69, 9.17) is 9.47 Å². The summed E-state index contributed by atoms with van der Waals surface area (Å²) in [5.74, 6) is 6.77. The molecule has 140 valence electrons. The third-order valence-corrected chi connectivity index (χ3v) is 3.96. The Labute approximate surface area is 154 Å². The zero-order valence-electron chi connectivity index (χ0n) is 15.0. The molecule has 2 N–H and O–H groups in total. The van der Waals surface area contributed by atoms with E-state index in [1.54, 1.807) is 0 Å². The molecule has 0 radical (unpaired) electrons. The van der Waals surface area contributed by atoms with Gasteiger partial charge in [-0.3, -0.25) is 9.59 Å². The summed E-state index contributed by atoms with van der Waals surface area (Å²) < 4.78 is 11.1. The maximum absolute atomic E-state index is 11.9. The largest absolute Gasteiger partial charge is 0.492 e. The van der Waals surface area contributed by atoms with Gasteiger partial charge in [0.25, 0.3) is 0 Å². The van der Waals surface area contributed by atoms with Gasteiger partial charge < -0.3 is 20.1 Å². The van der Waals surface area contributed by atoms with Crippen molar-refractivity contribution in [1.29, 1.82) is 0 Å². The lowest BCUT2D eigenvalue weighted by Gasteiger charge is -2.14. The Morgan fingerprint density at radius 3 is 2.88 bits per heavy atom. The van der Waals surface area contributed by atoms with Gasteiger partial charge in [-0.15, -0.1) is 5.92 Å². The van der Waals surface area contributed by atoms with Gasteiger partial charge >= 0.3 is 0 Å². The maximum atomic E-state index is 11.9. The predicted octanol–water partition coefficient (Wildman–Crippen LogP) is 1.78. The van der Waals surface area contributed by atoms with Crippen LogP contribution in [0.1, 0.15) is 37.7 Å². The number of carbonyl (C=O) groups is 2. The highest BCUT2D eigenvalue weighted by Crippen LogP contribution is 2.12. The minimum absolute atomic E-state index is 0.0320. The van der Waals surface area contributed by atoms with Gasteiger partial charge in [0, 0.05) is 13.0 Å². The van der Waals surface area contributed by atoms with Crippen molar-refractivity contribution in [2.75, 3.05) is 19.8 Å². The molecule has 0 bridgehead atoms. The van der Waals surface area contributed by atoms with E-state index in [0.717, 1.165) is 37.0 Å². The minimum Gasteiger partial charge on any atom is -0.492 e. The third kappa shape index (κ3) is 8.04. The summed E-state index contributed by atoms with van der Waals surface area (Å²) in [5.41, 5.74) is 0.975. The van der Waals surface area contributed by atoms with Gasteiger partial charge in [0.15, 0.2) is 0 Å². The number of hydrogen-bond donors (Lipinski definition) is 2. The first-order valence-corrected chi connectivity index (χ1v) is 9.03. The van der Waals surface area contributed by atoms with Crippen molar-refractivity contribution in [2.24, 2.45) is 0 Å². The summed E-state index contributed by atoms with van der Waals surface area (Å²) in [7, 11) is 0. The van der Waals surface area contributed by atoms with Crippen LogP contribution < -0.4 is 15.4 Å². The number of rotatable bonds is 10. The molecular weight excluding hydrogens is 332 g/mol. The van der Waals surface area contributed by atoms with Crippen molar-refractivity contribution >= 4 is 12.3 Å². The van der Waals surface area contributed by atoms with Crippen molar-refractivity contribution in [3.63, 3.8) is 0 Å². The van der Waals surface area contributed by atoms with Crippen LogP contribution in [0.25, 0.3) is 0 Å². The Morgan fingerprint density at radius 2 is 2.08 bits per heavy atom. The van der Waals surface area contributed by atoms with E-state index in [-0.39, 0.29) is 18.6 Å². The molecule has 1 aromatic carbocycles. The van der Waals surface area contributed by atoms with Crippen molar-refractivity contribution in [3.8, 4) is 17.6 Å². The number of carbonyl (C=O) groups excluding carboxylic acids is 2. The van der Waals surface area contributed by atoms with Crippen molar-refractivity contribution in [1.82, 2.24) is 10.6 Å². The average molecular weight is 358 g/mol. The molecule has 0 heterocycles. The van der Waals surface area contributed by atoms with Crippen molar-refractivity contribution in [3.05, 3.63) is 29.8 Å². The molecule has 1 atom stereocenters. The van der Waals surface area contributed by atoms with Gasteiger partial charge in [-0.05, 0) is 37.0 Å². The van der Waals surface area contributed by atoms with Gasteiger partial charge in [-0.1, -0.05) is 24.5 Å². The summed E-state index contributed by atoms with van der Waals surface area (Å²) in [6.07, 6.45) is 5.74. The van der Waals surface area contributed by atoms with E-state index in [1.807, 2.05) is 24.3 Å². The Hall–Kier alpha value is -2.52.